The number of imidazole rings is 1. The van der Waals surface area contributed by atoms with Crippen molar-refractivity contribution in [3.63, 3.8) is 0 Å². The summed E-state index contributed by atoms with van der Waals surface area (Å²) in [5.41, 5.74) is 4.17. The van der Waals surface area contributed by atoms with Crippen LogP contribution in [0.25, 0.3) is 11.0 Å². The van der Waals surface area contributed by atoms with Gasteiger partial charge in [0.25, 0.3) is 0 Å². The maximum Gasteiger partial charge on any atom is 0.222 e. The Kier molecular flexibility index (Phi) is 6.08. The minimum absolute atomic E-state index is 0.0115. The smallest absolute Gasteiger partial charge is 0.222 e. The lowest BCUT2D eigenvalue weighted by Crippen LogP contribution is -2.25. The number of aromatic nitrogens is 2. The minimum atomic E-state index is -0.0115. The molecular weight excluding hydrogens is 381 g/mol. The lowest BCUT2D eigenvalue weighted by Gasteiger charge is -2.11. The molecular formula is C21H23Cl2N3O. The molecule has 1 aromatic heterocycles. The van der Waals surface area contributed by atoms with Crippen molar-refractivity contribution in [2.24, 2.45) is 5.92 Å². The molecule has 0 fully saturated rings. The first-order chi connectivity index (χ1) is 12.9. The highest BCUT2D eigenvalue weighted by Crippen LogP contribution is 2.25. The van der Waals surface area contributed by atoms with Gasteiger partial charge >= 0.3 is 0 Å². The Bertz CT molecular complexity index is 981. The maximum atomic E-state index is 11.7. The van der Waals surface area contributed by atoms with Crippen molar-refractivity contribution >= 4 is 40.1 Å². The number of amides is 1. The van der Waals surface area contributed by atoms with Crippen LogP contribution in [-0.2, 0) is 17.8 Å². The third kappa shape index (κ3) is 4.45. The average molecular weight is 404 g/mol. The van der Waals surface area contributed by atoms with Crippen LogP contribution in [0.15, 0.2) is 36.4 Å². The number of halogens is 2. The second kappa shape index (κ2) is 8.32. The van der Waals surface area contributed by atoms with Gasteiger partial charge in [0.1, 0.15) is 5.82 Å². The third-order valence-corrected chi connectivity index (χ3v) is 5.50. The Labute approximate surface area is 169 Å². The van der Waals surface area contributed by atoms with Gasteiger partial charge in [-0.25, -0.2) is 4.98 Å². The first-order valence-electron chi connectivity index (χ1n) is 9.00. The Morgan fingerprint density at radius 3 is 2.74 bits per heavy atom. The predicted octanol–water partition coefficient (Wildman–Crippen LogP) is 5.01. The molecule has 0 aliphatic carbocycles. The lowest BCUT2D eigenvalue weighted by molar-refractivity contribution is -0.124. The van der Waals surface area contributed by atoms with E-state index in [0.717, 1.165) is 35.3 Å². The van der Waals surface area contributed by atoms with Crippen molar-refractivity contribution in [3.05, 3.63) is 63.4 Å². The van der Waals surface area contributed by atoms with Crippen molar-refractivity contribution in [3.8, 4) is 0 Å². The van der Waals surface area contributed by atoms with E-state index < -0.39 is 0 Å². The Hall–Kier alpha value is -2.04. The summed E-state index contributed by atoms with van der Waals surface area (Å²) in [5.74, 6) is 0.993. The monoisotopic (exact) mass is 403 g/mol. The van der Waals surface area contributed by atoms with E-state index in [4.69, 9.17) is 23.2 Å². The van der Waals surface area contributed by atoms with Crippen molar-refractivity contribution in [1.29, 1.82) is 0 Å². The molecule has 3 aromatic rings. The molecule has 1 heterocycles. The Balaban J connectivity index is 1.88. The zero-order valence-corrected chi connectivity index (χ0v) is 17.2. The lowest BCUT2D eigenvalue weighted by atomic mass is 10.00. The van der Waals surface area contributed by atoms with Gasteiger partial charge in [-0.1, -0.05) is 36.2 Å². The van der Waals surface area contributed by atoms with Crippen molar-refractivity contribution in [2.45, 2.75) is 33.2 Å². The van der Waals surface area contributed by atoms with E-state index in [1.165, 1.54) is 5.56 Å². The highest BCUT2D eigenvalue weighted by atomic mass is 35.5. The number of rotatable bonds is 6. The molecule has 0 saturated carbocycles. The molecule has 0 aliphatic rings. The number of nitrogens with zero attached hydrogens (tertiary/aromatic N) is 2. The van der Waals surface area contributed by atoms with Crippen LogP contribution in [-0.4, -0.2) is 22.5 Å². The van der Waals surface area contributed by atoms with Crippen molar-refractivity contribution in [1.82, 2.24) is 14.9 Å². The zero-order chi connectivity index (χ0) is 19.6. The second-order valence-corrected chi connectivity index (χ2v) is 7.70. The standard InChI is InChI=1S/C21H23Cl2N3O/c1-13(21(27)24-3)4-5-15-6-9-19-20(10-15)26(14(2)25-19)12-16-11-17(22)7-8-18(16)23/h6-11,13H,4-5,12H2,1-3H3,(H,24,27). The van der Waals surface area contributed by atoms with E-state index in [1.807, 2.05) is 32.0 Å². The number of hydrogen-bond donors (Lipinski definition) is 1. The van der Waals surface area contributed by atoms with Crippen LogP contribution < -0.4 is 5.32 Å². The molecule has 4 nitrogen and oxygen atoms in total. The molecule has 0 bridgehead atoms. The molecule has 0 radical (unpaired) electrons. The molecule has 0 spiro atoms. The van der Waals surface area contributed by atoms with Crippen molar-refractivity contribution < 1.29 is 4.79 Å². The first-order valence-corrected chi connectivity index (χ1v) is 9.76. The molecule has 1 unspecified atom stereocenters. The number of hydrogen-bond acceptors (Lipinski definition) is 2. The molecule has 0 aliphatic heterocycles. The zero-order valence-electron chi connectivity index (χ0n) is 15.7. The summed E-state index contributed by atoms with van der Waals surface area (Å²) in [7, 11) is 1.67. The molecule has 1 atom stereocenters. The van der Waals surface area contributed by atoms with Crippen LogP contribution in [0.5, 0.6) is 0 Å². The highest BCUT2D eigenvalue weighted by molar-refractivity contribution is 6.33. The summed E-state index contributed by atoms with van der Waals surface area (Å²) in [4.78, 5) is 16.4. The van der Waals surface area contributed by atoms with Crippen LogP contribution in [0.1, 0.15) is 30.3 Å². The quantitative estimate of drug-likeness (QED) is 0.628. The Morgan fingerprint density at radius 2 is 2.00 bits per heavy atom. The van der Waals surface area contributed by atoms with Crippen LogP contribution in [0.2, 0.25) is 10.0 Å². The minimum Gasteiger partial charge on any atom is -0.359 e. The van der Waals surface area contributed by atoms with Crippen LogP contribution in [0, 0.1) is 12.8 Å². The van der Waals surface area contributed by atoms with Gasteiger partial charge in [-0.05, 0) is 61.2 Å². The average Bonchev–Trinajstić information content (AvgIpc) is 2.96. The van der Waals surface area contributed by atoms with Gasteiger partial charge in [-0.3, -0.25) is 4.79 Å². The number of nitrogens with one attached hydrogen (secondary N) is 1. The van der Waals surface area contributed by atoms with E-state index in [9.17, 15) is 4.79 Å². The molecule has 6 heteroatoms. The second-order valence-electron chi connectivity index (χ2n) is 6.86. The number of aryl methyl sites for hydroxylation is 2. The van der Waals surface area contributed by atoms with Gasteiger partial charge in [0.2, 0.25) is 5.91 Å². The summed E-state index contributed by atoms with van der Waals surface area (Å²) < 4.78 is 2.15. The molecule has 0 saturated heterocycles. The summed E-state index contributed by atoms with van der Waals surface area (Å²) in [5, 5.41) is 4.06. The predicted molar refractivity (Wildman–Crippen MR) is 112 cm³/mol. The third-order valence-electron chi connectivity index (χ3n) is 4.90. The normalized spacial score (nSPS) is 12.3. The van der Waals surface area contributed by atoms with Gasteiger partial charge in [-0.15, -0.1) is 0 Å². The van der Waals surface area contributed by atoms with E-state index in [0.29, 0.717) is 16.6 Å². The molecule has 27 heavy (non-hydrogen) atoms. The van der Waals surface area contributed by atoms with Gasteiger partial charge in [-0.2, -0.15) is 0 Å². The van der Waals surface area contributed by atoms with E-state index >= 15 is 0 Å². The summed E-state index contributed by atoms with van der Waals surface area (Å²) in [6, 6.07) is 11.8. The van der Waals surface area contributed by atoms with E-state index in [-0.39, 0.29) is 11.8 Å². The van der Waals surface area contributed by atoms with Gasteiger partial charge < -0.3 is 9.88 Å². The van der Waals surface area contributed by atoms with Crippen LogP contribution >= 0.6 is 23.2 Å². The van der Waals surface area contributed by atoms with Gasteiger partial charge in [0.05, 0.1) is 17.6 Å². The fraction of sp³-hybridized carbons (Fsp3) is 0.333. The molecule has 3 rings (SSSR count). The first kappa shape index (κ1) is 19.7. The molecule has 1 N–H and O–H groups in total. The maximum absolute atomic E-state index is 11.7. The topological polar surface area (TPSA) is 46.9 Å². The largest absolute Gasteiger partial charge is 0.359 e. The summed E-state index contributed by atoms with van der Waals surface area (Å²) >= 11 is 12.5. The SMILES string of the molecule is CNC(=O)C(C)CCc1ccc2nc(C)n(Cc3cc(Cl)ccc3Cl)c2c1. The van der Waals surface area contributed by atoms with Gasteiger partial charge in [0, 0.05) is 23.0 Å². The number of benzene rings is 2. The molecule has 142 valence electrons. The van der Waals surface area contributed by atoms with Crippen LogP contribution in [0.3, 0.4) is 0 Å². The Morgan fingerprint density at radius 1 is 1.22 bits per heavy atom. The molecule has 1 amide bonds. The fourth-order valence-electron chi connectivity index (χ4n) is 3.24. The highest BCUT2D eigenvalue weighted by Gasteiger charge is 2.13. The number of carbonyl (C=O) groups is 1. The number of carbonyl (C=O) groups excluding carboxylic acids is 1. The van der Waals surface area contributed by atoms with Crippen molar-refractivity contribution in [2.75, 3.05) is 7.05 Å². The number of fused-ring (bicyclic) bond motifs is 1. The van der Waals surface area contributed by atoms with E-state index in [1.54, 1.807) is 13.1 Å². The van der Waals surface area contributed by atoms with Gasteiger partial charge in [0.15, 0.2) is 0 Å². The summed E-state index contributed by atoms with van der Waals surface area (Å²) in [6.45, 7) is 4.55. The summed E-state index contributed by atoms with van der Waals surface area (Å²) in [6.07, 6.45) is 1.64. The van der Waals surface area contributed by atoms with E-state index in [2.05, 4.69) is 27.0 Å². The van der Waals surface area contributed by atoms with Crippen LogP contribution in [0.4, 0.5) is 0 Å². The molecule has 2 aromatic carbocycles. The fourth-order valence-corrected chi connectivity index (χ4v) is 3.61.